The summed E-state index contributed by atoms with van der Waals surface area (Å²) < 4.78 is 7.66. The van der Waals surface area contributed by atoms with Gasteiger partial charge in [0.15, 0.2) is 10.9 Å². The van der Waals surface area contributed by atoms with Crippen molar-refractivity contribution < 1.29 is 9.42 Å². The first-order chi connectivity index (χ1) is 15.8. The molecular formula is C17H15Cl2N11O2S. The number of carbonyl (C=O) groups excluding carboxylic acids is 1. The molecule has 0 saturated heterocycles. The van der Waals surface area contributed by atoms with Crippen molar-refractivity contribution in [2.45, 2.75) is 17.8 Å². The van der Waals surface area contributed by atoms with Gasteiger partial charge in [-0.15, -0.1) is 15.3 Å². The summed E-state index contributed by atoms with van der Waals surface area (Å²) in [6.45, 7) is 1.69. The average Bonchev–Trinajstić information content (AvgIpc) is 3.49. The van der Waals surface area contributed by atoms with E-state index in [2.05, 4.69) is 46.0 Å². The van der Waals surface area contributed by atoms with Crippen LogP contribution in [0.25, 0.3) is 5.82 Å². The number of anilines is 1. The molecular weight excluding hydrogens is 493 g/mol. The molecule has 0 aliphatic heterocycles. The molecule has 3 N–H and O–H groups in total. The summed E-state index contributed by atoms with van der Waals surface area (Å²) in [5, 5.41) is 28.7. The van der Waals surface area contributed by atoms with Crippen molar-refractivity contribution >= 4 is 52.4 Å². The van der Waals surface area contributed by atoms with E-state index in [9.17, 15) is 4.79 Å². The SMILES string of the molecule is C/C(=N/NC(=O)c1nnn(-c2nonc2N)c1CSc1nncn1C)c1ccc(Cl)cc1Cl. The summed E-state index contributed by atoms with van der Waals surface area (Å²) in [5.74, 6) is -0.277. The van der Waals surface area contributed by atoms with Crippen LogP contribution in [0.2, 0.25) is 10.0 Å². The summed E-state index contributed by atoms with van der Waals surface area (Å²) in [6, 6.07) is 4.96. The Morgan fingerprint density at radius 1 is 1.30 bits per heavy atom. The lowest BCUT2D eigenvalue weighted by atomic mass is 10.1. The number of hydrogen-bond acceptors (Lipinski definition) is 11. The zero-order valence-corrected chi connectivity index (χ0v) is 19.4. The average molecular weight is 508 g/mol. The summed E-state index contributed by atoms with van der Waals surface area (Å²) in [6.07, 6.45) is 1.56. The maximum Gasteiger partial charge on any atom is 0.293 e. The van der Waals surface area contributed by atoms with E-state index in [1.807, 2.05) is 0 Å². The van der Waals surface area contributed by atoms with Crippen LogP contribution in [0.15, 0.2) is 39.4 Å². The molecule has 13 nitrogen and oxygen atoms in total. The number of hydrazone groups is 1. The lowest BCUT2D eigenvalue weighted by Crippen LogP contribution is -2.21. The van der Waals surface area contributed by atoms with Crippen molar-refractivity contribution in [1.82, 2.24) is 45.5 Å². The molecule has 0 radical (unpaired) electrons. The highest BCUT2D eigenvalue weighted by Crippen LogP contribution is 2.25. The number of rotatable bonds is 7. The molecule has 33 heavy (non-hydrogen) atoms. The fourth-order valence-corrected chi connectivity index (χ4v) is 4.11. The molecule has 4 aromatic rings. The number of nitrogen functional groups attached to an aromatic ring is 1. The Kier molecular flexibility index (Phi) is 6.57. The van der Waals surface area contributed by atoms with Crippen molar-refractivity contribution in [3.05, 3.63) is 51.5 Å². The maximum absolute atomic E-state index is 12.9. The molecule has 0 atom stereocenters. The van der Waals surface area contributed by atoms with Gasteiger partial charge in [-0.05, 0) is 29.4 Å². The third-order valence-corrected chi connectivity index (χ3v) is 5.92. The Labute approximate surface area is 200 Å². The topological polar surface area (TPSA) is 168 Å². The van der Waals surface area contributed by atoms with Crippen LogP contribution in [-0.4, -0.2) is 51.7 Å². The molecule has 0 unspecified atom stereocenters. The van der Waals surface area contributed by atoms with E-state index < -0.39 is 5.91 Å². The van der Waals surface area contributed by atoms with E-state index in [1.165, 1.54) is 16.4 Å². The Morgan fingerprint density at radius 2 is 2.12 bits per heavy atom. The van der Waals surface area contributed by atoms with Crippen LogP contribution in [0, 0.1) is 0 Å². The van der Waals surface area contributed by atoms with Crippen LogP contribution in [0.3, 0.4) is 0 Å². The Balaban J connectivity index is 1.62. The highest BCUT2D eigenvalue weighted by molar-refractivity contribution is 7.98. The number of carbonyl (C=O) groups is 1. The molecule has 0 fully saturated rings. The zero-order valence-electron chi connectivity index (χ0n) is 17.1. The van der Waals surface area contributed by atoms with Crippen LogP contribution >= 0.6 is 35.0 Å². The molecule has 1 aromatic carbocycles. The zero-order chi connectivity index (χ0) is 23.5. The van der Waals surface area contributed by atoms with E-state index in [1.54, 1.807) is 43.1 Å². The lowest BCUT2D eigenvalue weighted by Gasteiger charge is -2.06. The molecule has 3 heterocycles. The van der Waals surface area contributed by atoms with Gasteiger partial charge in [-0.25, -0.2) is 10.1 Å². The second-order valence-corrected chi connectivity index (χ2v) is 8.33. The third-order valence-electron chi connectivity index (χ3n) is 4.33. The molecule has 4 rings (SSSR count). The largest absolute Gasteiger partial charge is 0.378 e. The van der Waals surface area contributed by atoms with E-state index in [0.29, 0.717) is 32.2 Å². The van der Waals surface area contributed by atoms with Gasteiger partial charge in [-0.1, -0.05) is 46.2 Å². The van der Waals surface area contributed by atoms with Crippen molar-refractivity contribution in [2.24, 2.45) is 12.1 Å². The van der Waals surface area contributed by atoms with Crippen LogP contribution in [0.1, 0.15) is 28.7 Å². The molecule has 0 aliphatic rings. The van der Waals surface area contributed by atoms with Gasteiger partial charge in [-0.2, -0.15) is 9.78 Å². The summed E-state index contributed by atoms with van der Waals surface area (Å²) in [5.41, 5.74) is 9.73. The van der Waals surface area contributed by atoms with Crippen LogP contribution in [0.5, 0.6) is 0 Å². The molecule has 170 valence electrons. The standard InChI is InChI=1S/C17H15Cl2N11O2S/c1-8(10-4-3-9(18)5-11(10)19)22-24-16(31)13-12(6-33-17-25-21-7-29(17)2)30(28-23-13)15-14(20)26-32-27-15/h3-5,7H,6H2,1-2H3,(H2,20,26)(H,24,31)/b22-8-. The number of aryl methyl sites for hydroxylation is 1. The van der Waals surface area contributed by atoms with Gasteiger partial charge in [0, 0.05) is 23.4 Å². The molecule has 0 bridgehead atoms. The summed E-state index contributed by atoms with van der Waals surface area (Å²) >= 11 is 13.4. The maximum atomic E-state index is 12.9. The summed E-state index contributed by atoms with van der Waals surface area (Å²) in [4.78, 5) is 12.9. The molecule has 0 aliphatic carbocycles. The van der Waals surface area contributed by atoms with Crippen molar-refractivity contribution in [3.8, 4) is 5.82 Å². The molecule has 0 spiro atoms. The Bertz CT molecular complexity index is 1350. The Morgan fingerprint density at radius 3 is 2.79 bits per heavy atom. The normalized spacial score (nSPS) is 11.7. The predicted molar refractivity (Wildman–Crippen MR) is 120 cm³/mol. The quantitative estimate of drug-likeness (QED) is 0.214. The smallest absolute Gasteiger partial charge is 0.293 e. The second-order valence-electron chi connectivity index (χ2n) is 6.55. The lowest BCUT2D eigenvalue weighted by molar-refractivity contribution is 0.0949. The van der Waals surface area contributed by atoms with E-state index in [4.69, 9.17) is 28.9 Å². The number of halogens is 2. The number of nitrogens with zero attached hydrogens (tertiary/aromatic N) is 9. The monoisotopic (exact) mass is 507 g/mol. The number of amides is 1. The third kappa shape index (κ3) is 4.81. The minimum absolute atomic E-state index is 0.00539. The highest BCUT2D eigenvalue weighted by atomic mass is 35.5. The van der Waals surface area contributed by atoms with Gasteiger partial charge in [0.25, 0.3) is 5.91 Å². The van der Waals surface area contributed by atoms with Gasteiger partial charge < -0.3 is 10.3 Å². The van der Waals surface area contributed by atoms with Gasteiger partial charge in [0.2, 0.25) is 11.6 Å². The fourth-order valence-electron chi connectivity index (χ4n) is 2.68. The molecule has 3 aromatic heterocycles. The van der Waals surface area contributed by atoms with Gasteiger partial charge in [0.05, 0.1) is 16.4 Å². The fraction of sp³-hybridized carbons (Fsp3) is 0.176. The number of benzene rings is 1. The Hall–Kier alpha value is -3.49. The van der Waals surface area contributed by atoms with Crippen LogP contribution in [0.4, 0.5) is 5.82 Å². The van der Waals surface area contributed by atoms with Gasteiger partial charge >= 0.3 is 0 Å². The van der Waals surface area contributed by atoms with E-state index >= 15 is 0 Å². The molecule has 16 heteroatoms. The van der Waals surface area contributed by atoms with Gasteiger partial charge in [-0.3, -0.25) is 4.79 Å². The number of thioether (sulfide) groups is 1. The first-order valence-corrected chi connectivity index (χ1v) is 10.9. The highest BCUT2D eigenvalue weighted by Gasteiger charge is 2.24. The van der Waals surface area contributed by atoms with Crippen molar-refractivity contribution in [2.75, 3.05) is 5.73 Å². The summed E-state index contributed by atoms with van der Waals surface area (Å²) in [7, 11) is 1.80. The molecule has 0 saturated carbocycles. The van der Waals surface area contributed by atoms with Crippen molar-refractivity contribution in [3.63, 3.8) is 0 Å². The van der Waals surface area contributed by atoms with Gasteiger partial charge in [0.1, 0.15) is 6.33 Å². The first kappa shape index (κ1) is 22.7. The van der Waals surface area contributed by atoms with Crippen molar-refractivity contribution in [1.29, 1.82) is 0 Å². The first-order valence-electron chi connectivity index (χ1n) is 9.15. The number of aromatic nitrogens is 8. The minimum Gasteiger partial charge on any atom is -0.378 e. The van der Waals surface area contributed by atoms with Crippen LogP contribution < -0.4 is 11.2 Å². The number of nitrogens with two attached hydrogens (primary N) is 1. The van der Waals surface area contributed by atoms with Crippen LogP contribution in [-0.2, 0) is 12.8 Å². The van der Waals surface area contributed by atoms with E-state index in [-0.39, 0.29) is 23.1 Å². The number of nitrogens with one attached hydrogen (secondary N) is 1. The second kappa shape index (κ2) is 9.56. The molecule has 1 amide bonds. The predicted octanol–water partition coefficient (Wildman–Crippen LogP) is 2.11. The minimum atomic E-state index is -0.603. The number of hydrogen-bond donors (Lipinski definition) is 2. The van der Waals surface area contributed by atoms with E-state index in [0.717, 1.165) is 0 Å².